The molecular weight excluding hydrogens is 498 g/mol. The lowest BCUT2D eigenvalue weighted by molar-refractivity contribution is -0.143. The van der Waals surface area contributed by atoms with Crippen molar-refractivity contribution in [3.8, 4) is 0 Å². The van der Waals surface area contributed by atoms with Gasteiger partial charge in [-0.3, -0.25) is 4.79 Å². The number of nitrogens with one attached hydrogen (secondary N) is 1. The third-order valence-corrected chi connectivity index (χ3v) is 6.58. The highest BCUT2D eigenvalue weighted by molar-refractivity contribution is 7.89. The molecule has 1 amide bonds. The highest BCUT2D eigenvalue weighted by Gasteiger charge is 2.37. The summed E-state index contributed by atoms with van der Waals surface area (Å²) < 4.78 is 106. The fourth-order valence-electron chi connectivity index (χ4n) is 3.14. The van der Waals surface area contributed by atoms with E-state index >= 15 is 0 Å². The molecule has 0 aliphatic rings. The summed E-state index contributed by atoms with van der Waals surface area (Å²) in [4.78, 5) is 12.5. The van der Waals surface area contributed by atoms with E-state index in [4.69, 9.17) is 0 Å². The van der Waals surface area contributed by atoms with Crippen molar-refractivity contribution in [2.45, 2.75) is 23.8 Å². The molecule has 0 aliphatic carbocycles. The van der Waals surface area contributed by atoms with Gasteiger partial charge in [0.1, 0.15) is 0 Å². The second kappa shape index (κ2) is 10.1. The average Bonchev–Trinajstić information content (AvgIpc) is 2.78. The fraction of sp³-hybridized carbons (Fsp3) is 0.174. The van der Waals surface area contributed by atoms with Crippen LogP contribution in [-0.4, -0.2) is 25.2 Å². The molecule has 35 heavy (non-hydrogen) atoms. The van der Waals surface area contributed by atoms with Crippen LogP contribution in [0.25, 0.3) is 0 Å². The van der Waals surface area contributed by atoms with E-state index in [1.54, 1.807) is 36.4 Å². The molecule has 0 radical (unpaired) electrons. The van der Waals surface area contributed by atoms with Crippen molar-refractivity contribution < 1.29 is 39.6 Å². The minimum Gasteiger partial charge on any atom is -0.325 e. The van der Waals surface area contributed by atoms with E-state index in [-0.39, 0.29) is 17.5 Å². The summed E-state index contributed by atoms with van der Waals surface area (Å²) in [5.74, 6) is -1.12. The largest absolute Gasteiger partial charge is 0.416 e. The summed E-state index contributed by atoms with van der Waals surface area (Å²) in [6.07, 6.45) is -10.2. The Morgan fingerprint density at radius 3 is 1.74 bits per heavy atom. The molecule has 0 atom stereocenters. The maximum atomic E-state index is 13.1. The number of carbonyl (C=O) groups is 1. The Morgan fingerprint density at radius 1 is 0.771 bits per heavy atom. The molecule has 186 valence electrons. The van der Waals surface area contributed by atoms with Crippen LogP contribution in [0.3, 0.4) is 0 Å². The molecular formula is C23H18F6N2O3S. The molecule has 3 aromatic carbocycles. The zero-order valence-corrected chi connectivity index (χ0v) is 18.6. The Morgan fingerprint density at radius 2 is 1.26 bits per heavy atom. The molecule has 3 rings (SSSR count). The topological polar surface area (TPSA) is 66.5 Å². The Balaban J connectivity index is 1.92. The molecule has 0 spiro atoms. The second-order valence-corrected chi connectivity index (χ2v) is 9.35. The molecule has 3 aromatic rings. The number of rotatable bonds is 7. The molecule has 0 unspecified atom stereocenters. The van der Waals surface area contributed by atoms with Crippen molar-refractivity contribution in [2.75, 3.05) is 11.9 Å². The number of nitrogens with zero attached hydrogens (tertiary/aromatic N) is 1. The Bertz CT molecular complexity index is 1250. The molecule has 1 N–H and O–H groups in total. The molecule has 0 saturated carbocycles. The van der Waals surface area contributed by atoms with Crippen molar-refractivity contribution in [1.82, 2.24) is 4.31 Å². The molecule has 0 aromatic heterocycles. The number of sulfonamides is 1. The van der Waals surface area contributed by atoms with Gasteiger partial charge >= 0.3 is 12.4 Å². The quantitative estimate of drug-likeness (QED) is 0.419. The lowest BCUT2D eigenvalue weighted by Crippen LogP contribution is -2.37. The maximum Gasteiger partial charge on any atom is 0.416 e. The Hall–Kier alpha value is -3.38. The van der Waals surface area contributed by atoms with Gasteiger partial charge in [0.25, 0.3) is 0 Å². The monoisotopic (exact) mass is 516 g/mol. The number of hydrogen-bond acceptors (Lipinski definition) is 3. The van der Waals surface area contributed by atoms with E-state index in [1.807, 2.05) is 5.32 Å². The first-order valence-corrected chi connectivity index (χ1v) is 11.4. The van der Waals surface area contributed by atoms with Gasteiger partial charge in [0, 0.05) is 12.2 Å². The van der Waals surface area contributed by atoms with E-state index in [0.717, 1.165) is 4.31 Å². The third kappa shape index (κ3) is 6.83. The van der Waals surface area contributed by atoms with Crippen LogP contribution in [0.2, 0.25) is 0 Å². The van der Waals surface area contributed by atoms with Gasteiger partial charge in [-0.2, -0.15) is 30.6 Å². The van der Waals surface area contributed by atoms with Crippen molar-refractivity contribution in [3.63, 3.8) is 0 Å². The van der Waals surface area contributed by atoms with Gasteiger partial charge in [-0.25, -0.2) is 8.42 Å². The zero-order valence-electron chi connectivity index (χ0n) is 17.8. The molecule has 0 heterocycles. The first kappa shape index (κ1) is 26.2. The van der Waals surface area contributed by atoms with Crippen LogP contribution in [0.4, 0.5) is 32.0 Å². The molecule has 0 fully saturated rings. The van der Waals surface area contributed by atoms with Crippen molar-refractivity contribution in [1.29, 1.82) is 0 Å². The standard InChI is InChI=1S/C23H18F6N2O3S/c24-22(25,26)17-11-18(23(27,28)29)13-19(12-17)30-21(32)15-31(14-16-7-3-1-4-8-16)35(33,34)20-9-5-2-6-10-20/h1-13H,14-15H2,(H,30,32). The normalized spacial score (nSPS) is 12.5. The minimum atomic E-state index is -5.10. The first-order chi connectivity index (χ1) is 16.3. The van der Waals surface area contributed by atoms with Crippen LogP contribution < -0.4 is 5.32 Å². The second-order valence-electron chi connectivity index (χ2n) is 7.41. The number of carbonyl (C=O) groups excluding carboxylic acids is 1. The van der Waals surface area contributed by atoms with E-state index in [9.17, 15) is 39.6 Å². The summed E-state index contributed by atoms with van der Waals surface area (Å²) in [6, 6.07) is 15.9. The number of amides is 1. The summed E-state index contributed by atoms with van der Waals surface area (Å²) in [7, 11) is -4.24. The predicted molar refractivity (Wildman–Crippen MR) is 116 cm³/mol. The van der Waals surface area contributed by atoms with Crippen LogP contribution in [0.1, 0.15) is 16.7 Å². The lowest BCUT2D eigenvalue weighted by Gasteiger charge is -2.22. The maximum absolute atomic E-state index is 13.1. The van der Waals surface area contributed by atoms with Gasteiger partial charge < -0.3 is 5.32 Å². The minimum absolute atomic E-state index is 0.0722. The summed E-state index contributed by atoms with van der Waals surface area (Å²) in [5, 5.41) is 1.96. The molecule has 0 aliphatic heterocycles. The highest BCUT2D eigenvalue weighted by atomic mass is 32.2. The van der Waals surface area contributed by atoms with Gasteiger partial charge in [-0.15, -0.1) is 0 Å². The van der Waals surface area contributed by atoms with Crippen molar-refractivity contribution >= 4 is 21.6 Å². The van der Waals surface area contributed by atoms with E-state index in [2.05, 4.69) is 0 Å². The van der Waals surface area contributed by atoms with Gasteiger partial charge in [0.15, 0.2) is 0 Å². The fourth-order valence-corrected chi connectivity index (χ4v) is 4.55. The number of benzene rings is 3. The van der Waals surface area contributed by atoms with E-state index in [1.165, 1.54) is 24.3 Å². The molecule has 5 nitrogen and oxygen atoms in total. The molecule has 0 bridgehead atoms. The van der Waals surface area contributed by atoms with E-state index < -0.39 is 51.6 Å². The lowest BCUT2D eigenvalue weighted by atomic mass is 10.1. The smallest absolute Gasteiger partial charge is 0.325 e. The third-order valence-electron chi connectivity index (χ3n) is 4.77. The molecule has 0 saturated heterocycles. The van der Waals surface area contributed by atoms with Crippen LogP contribution in [-0.2, 0) is 33.7 Å². The van der Waals surface area contributed by atoms with Gasteiger partial charge in [0.2, 0.25) is 15.9 Å². The number of anilines is 1. The van der Waals surface area contributed by atoms with Crippen molar-refractivity contribution in [2.24, 2.45) is 0 Å². The van der Waals surface area contributed by atoms with Gasteiger partial charge in [-0.1, -0.05) is 48.5 Å². The summed E-state index contributed by atoms with van der Waals surface area (Å²) >= 11 is 0. The average molecular weight is 516 g/mol. The molecule has 12 heteroatoms. The Labute approximate surface area is 197 Å². The summed E-state index contributed by atoms with van der Waals surface area (Å²) in [6.45, 7) is -1.12. The highest BCUT2D eigenvalue weighted by Crippen LogP contribution is 2.37. The van der Waals surface area contributed by atoms with Crippen LogP contribution in [0.15, 0.2) is 83.8 Å². The number of alkyl halides is 6. The first-order valence-electron chi connectivity index (χ1n) is 9.95. The van der Waals surface area contributed by atoms with Crippen LogP contribution in [0.5, 0.6) is 0 Å². The van der Waals surface area contributed by atoms with E-state index in [0.29, 0.717) is 17.7 Å². The SMILES string of the molecule is O=C(CN(Cc1ccccc1)S(=O)(=O)c1ccccc1)Nc1cc(C(F)(F)F)cc(C(F)(F)F)c1. The summed E-state index contributed by atoms with van der Waals surface area (Å²) in [5.41, 5.74) is -3.48. The predicted octanol–water partition coefficient (Wildman–Crippen LogP) is 5.55. The van der Waals surface area contributed by atoms with Crippen LogP contribution in [0, 0.1) is 0 Å². The number of halogens is 6. The number of hydrogen-bond donors (Lipinski definition) is 1. The van der Waals surface area contributed by atoms with Crippen molar-refractivity contribution in [3.05, 3.63) is 95.6 Å². The Kier molecular flexibility index (Phi) is 7.56. The van der Waals surface area contributed by atoms with Gasteiger partial charge in [0.05, 0.1) is 22.6 Å². The zero-order chi connectivity index (χ0) is 25.9. The van der Waals surface area contributed by atoms with Crippen LogP contribution >= 0.6 is 0 Å². The van der Waals surface area contributed by atoms with Gasteiger partial charge in [-0.05, 0) is 35.9 Å².